The average molecular weight is 412 g/mol. The van der Waals surface area contributed by atoms with Gasteiger partial charge in [0.15, 0.2) is 5.75 Å². The molecule has 1 aromatic rings. The monoisotopic (exact) mass is 412 g/mol. The Morgan fingerprint density at radius 3 is 1.63 bits per heavy atom. The normalized spacial score (nSPS) is 14.1. The number of halogens is 4. The molecular formula is C16H21BF4O5S. The second-order valence-electron chi connectivity index (χ2n) is 5.23. The predicted molar refractivity (Wildman–Crippen MR) is 96.1 cm³/mol. The number of rotatable bonds is 7. The van der Waals surface area contributed by atoms with Gasteiger partial charge in [0.2, 0.25) is 16.3 Å². The molecule has 0 bridgehead atoms. The molecule has 0 saturated carbocycles. The quantitative estimate of drug-likeness (QED) is 0.227. The zero-order valence-corrected chi connectivity index (χ0v) is 16.1. The Morgan fingerprint density at radius 2 is 1.30 bits per heavy atom. The Kier molecular flexibility index (Phi) is 10.8. The second-order valence-corrected chi connectivity index (χ2v) is 7.87. The van der Waals surface area contributed by atoms with Crippen molar-refractivity contribution in [2.45, 2.75) is 24.3 Å². The van der Waals surface area contributed by atoms with E-state index in [0.717, 1.165) is 0 Å². The summed E-state index contributed by atoms with van der Waals surface area (Å²) in [6.07, 6.45) is 0. The van der Waals surface area contributed by atoms with Gasteiger partial charge in [-0.2, -0.15) is 0 Å². The molecule has 2 atom stereocenters. The molecule has 0 aliphatic rings. The van der Waals surface area contributed by atoms with Crippen molar-refractivity contribution < 1.29 is 41.1 Å². The van der Waals surface area contributed by atoms with Gasteiger partial charge in [0.1, 0.15) is 0 Å². The van der Waals surface area contributed by atoms with Crippen molar-refractivity contribution >= 4 is 35.9 Å². The Morgan fingerprint density at radius 1 is 0.926 bits per heavy atom. The summed E-state index contributed by atoms with van der Waals surface area (Å²) >= 11 is 0. The highest BCUT2D eigenvalue weighted by Gasteiger charge is 2.44. The van der Waals surface area contributed by atoms with Crippen LogP contribution in [0.25, 0.3) is 0 Å². The van der Waals surface area contributed by atoms with Gasteiger partial charge in [0, 0.05) is 16.5 Å². The Hall–Kier alpha value is -2.04. The van der Waals surface area contributed by atoms with Crippen LogP contribution in [0.15, 0.2) is 30.3 Å². The van der Waals surface area contributed by atoms with Crippen molar-refractivity contribution in [3.05, 3.63) is 35.9 Å². The van der Waals surface area contributed by atoms with Gasteiger partial charge in [0.05, 0.1) is 14.2 Å². The zero-order chi connectivity index (χ0) is 21.2. The van der Waals surface area contributed by atoms with Crippen LogP contribution in [-0.4, -0.2) is 55.4 Å². The van der Waals surface area contributed by atoms with Gasteiger partial charge in [-0.05, 0) is 13.8 Å². The lowest BCUT2D eigenvalue weighted by Crippen LogP contribution is -2.43. The highest BCUT2D eigenvalue weighted by Crippen LogP contribution is 2.18. The number of methoxy groups -OCH3 is 2. The largest absolute Gasteiger partial charge is 0.673 e. The lowest BCUT2D eigenvalue weighted by Gasteiger charge is -2.18. The molecule has 0 spiro atoms. The molecule has 2 unspecified atom stereocenters. The molecule has 0 aliphatic heterocycles. The van der Waals surface area contributed by atoms with Crippen LogP contribution >= 0.6 is 0 Å². The van der Waals surface area contributed by atoms with Gasteiger partial charge in [-0.15, -0.1) is 0 Å². The average Bonchev–Trinajstić information content (AvgIpc) is 2.62. The number of Topliss-reactive ketones (excluding diaryl/α,β-unsaturated/α-hetero) is 1. The van der Waals surface area contributed by atoms with Gasteiger partial charge >= 0.3 is 19.2 Å². The molecule has 5 nitrogen and oxygen atoms in total. The van der Waals surface area contributed by atoms with E-state index in [1.165, 1.54) is 14.2 Å². The van der Waals surface area contributed by atoms with Crippen LogP contribution in [0.4, 0.5) is 17.3 Å². The minimum atomic E-state index is -6.00. The molecule has 1 aromatic carbocycles. The SMILES string of the molecule is COC(=O)C(C)[S+](CC(=O)c1ccccc1)C(C)C(=O)OC.F[B-](F)(F)F. The van der Waals surface area contributed by atoms with Crippen molar-refractivity contribution in [2.24, 2.45) is 0 Å². The number of carbonyl (C=O) groups is 3. The van der Waals surface area contributed by atoms with E-state index in [1.807, 2.05) is 6.07 Å². The van der Waals surface area contributed by atoms with E-state index in [1.54, 1.807) is 38.1 Å². The van der Waals surface area contributed by atoms with Crippen molar-refractivity contribution in [1.29, 1.82) is 0 Å². The summed E-state index contributed by atoms with van der Waals surface area (Å²) < 4.78 is 48.5. The fourth-order valence-electron chi connectivity index (χ4n) is 1.99. The van der Waals surface area contributed by atoms with E-state index in [2.05, 4.69) is 0 Å². The zero-order valence-electron chi connectivity index (χ0n) is 15.3. The van der Waals surface area contributed by atoms with Crippen LogP contribution in [0.1, 0.15) is 24.2 Å². The molecule has 1 rings (SSSR count). The minimum absolute atomic E-state index is 0.101. The molecule has 0 aliphatic carbocycles. The number of carbonyl (C=O) groups excluding carboxylic acids is 3. The summed E-state index contributed by atoms with van der Waals surface area (Å²) in [5.41, 5.74) is 0.564. The molecule has 0 aromatic heterocycles. The minimum Gasteiger partial charge on any atom is -0.465 e. The number of hydrogen-bond donors (Lipinski definition) is 0. The van der Waals surface area contributed by atoms with E-state index in [4.69, 9.17) is 9.47 Å². The first-order chi connectivity index (χ1) is 12.4. The molecule has 11 heteroatoms. The topological polar surface area (TPSA) is 69.7 Å². The Balaban J connectivity index is 0.00000119. The maximum absolute atomic E-state index is 12.4. The summed E-state index contributed by atoms with van der Waals surface area (Å²) in [4.78, 5) is 36.0. The van der Waals surface area contributed by atoms with Gasteiger partial charge in [-0.25, -0.2) is 9.59 Å². The van der Waals surface area contributed by atoms with E-state index < -0.39 is 40.6 Å². The summed E-state index contributed by atoms with van der Waals surface area (Å²) in [5, 5.41) is -1.10. The Bertz CT molecular complexity index is 599. The number of ketones is 1. The summed E-state index contributed by atoms with van der Waals surface area (Å²) in [5.74, 6) is -0.855. The second kappa shape index (κ2) is 11.6. The summed E-state index contributed by atoms with van der Waals surface area (Å²) in [6.45, 7) is 3.35. The smallest absolute Gasteiger partial charge is 0.465 e. The van der Waals surface area contributed by atoms with Crippen molar-refractivity contribution in [3.8, 4) is 0 Å². The molecule has 0 N–H and O–H groups in total. The van der Waals surface area contributed by atoms with E-state index in [9.17, 15) is 31.6 Å². The standard InChI is InChI=1S/C16H21O5S.BF4/c1-11(15(18)20-3)22(12(2)16(19)21-4)10-14(17)13-8-6-5-7-9-13;2-1(3,4)5/h5-9,11-12H,10H2,1-4H3;/q+1;-1. The fourth-order valence-corrected chi connectivity index (χ4v) is 4.26. The van der Waals surface area contributed by atoms with Crippen molar-refractivity contribution in [2.75, 3.05) is 20.0 Å². The first kappa shape index (κ1) is 25.0. The first-order valence-corrected chi connectivity index (χ1v) is 9.24. The number of ether oxygens (including phenoxy) is 2. The third kappa shape index (κ3) is 10.0. The predicted octanol–water partition coefficient (Wildman–Crippen LogP) is 2.91. The highest BCUT2D eigenvalue weighted by atomic mass is 32.2. The van der Waals surface area contributed by atoms with Crippen LogP contribution in [-0.2, 0) is 30.0 Å². The molecule has 0 radical (unpaired) electrons. The van der Waals surface area contributed by atoms with Gasteiger partial charge in [0.25, 0.3) is 0 Å². The van der Waals surface area contributed by atoms with Crippen LogP contribution in [0.2, 0.25) is 0 Å². The fraction of sp³-hybridized carbons (Fsp3) is 0.438. The van der Waals surface area contributed by atoms with Crippen LogP contribution in [0.3, 0.4) is 0 Å². The molecule has 0 fully saturated rings. The van der Waals surface area contributed by atoms with E-state index >= 15 is 0 Å². The van der Waals surface area contributed by atoms with Crippen molar-refractivity contribution in [3.63, 3.8) is 0 Å². The van der Waals surface area contributed by atoms with Gasteiger partial charge in [-0.3, -0.25) is 4.79 Å². The maximum atomic E-state index is 12.4. The summed E-state index contributed by atoms with van der Waals surface area (Å²) in [7, 11) is -4.22. The molecule has 152 valence electrons. The molecule has 0 saturated heterocycles. The number of benzene rings is 1. The van der Waals surface area contributed by atoms with E-state index in [-0.39, 0.29) is 11.5 Å². The molecular weight excluding hydrogens is 391 g/mol. The highest BCUT2D eigenvalue weighted by molar-refractivity contribution is 8.00. The van der Waals surface area contributed by atoms with Crippen molar-refractivity contribution in [1.82, 2.24) is 0 Å². The van der Waals surface area contributed by atoms with Crippen LogP contribution in [0.5, 0.6) is 0 Å². The first-order valence-electron chi connectivity index (χ1n) is 7.72. The van der Waals surface area contributed by atoms with Crippen LogP contribution < -0.4 is 0 Å². The lowest BCUT2D eigenvalue weighted by atomic mass is 10.2. The molecule has 0 amide bonds. The number of hydrogen-bond acceptors (Lipinski definition) is 5. The Labute approximate surface area is 157 Å². The van der Waals surface area contributed by atoms with Gasteiger partial charge in [-0.1, -0.05) is 30.3 Å². The third-order valence-corrected chi connectivity index (χ3v) is 6.16. The number of esters is 2. The third-order valence-electron chi connectivity index (χ3n) is 3.37. The maximum Gasteiger partial charge on any atom is 0.673 e. The van der Waals surface area contributed by atoms with Gasteiger partial charge < -0.3 is 26.7 Å². The lowest BCUT2D eigenvalue weighted by molar-refractivity contribution is -0.139. The summed E-state index contributed by atoms with van der Waals surface area (Å²) in [6, 6.07) is 8.81. The molecule has 0 heterocycles. The van der Waals surface area contributed by atoms with Crippen LogP contribution in [0, 0.1) is 0 Å². The van der Waals surface area contributed by atoms with E-state index in [0.29, 0.717) is 5.56 Å². The molecule has 27 heavy (non-hydrogen) atoms.